The Labute approximate surface area is 169 Å². The third-order valence-corrected chi connectivity index (χ3v) is 2.13. The van der Waals surface area contributed by atoms with Crippen LogP contribution in [-0.4, -0.2) is 22.7 Å². The predicted molar refractivity (Wildman–Crippen MR) is 101 cm³/mol. The van der Waals surface area contributed by atoms with Crippen molar-refractivity contribution in [3.8, 4) is 0 Å². The summed E-state index contributed by atoms with van der Waals surface area (Å²) in [6.45, 7) is 7.56. The second-order valence-corrected chi connectivity index (χ2v) is 5.47. The summed E-state index contributed by atoms with van der Waals surface area (Å²) in [4.78, 5) is 0. The Kier molecular flexibility index (Phi) is 28.8. The van der Waals surface area contributed by atoms with Gasteiger partial charge in [-0.3, -0.25) is 6.08 Å². The second kappa shape index (κ2) is 24.6. The number of rotatable bonds is 0. The molecule has 2 nitrogen and oxygen atoms in total. The molecule has 1 aliphatic carbocycles. The maximum absolute atomic E-state index is 8.93. The van der Waals surface area contributed by atoms with Crippen LogP contribution in [-0.2, 0) is 26.2 Å². The first kappa shape index (κ1) is 28.1. The first-order valence-corrected chi connectivity index (χ1v) is 10.2. The van der Waals surface area contributed by atoms with Crippen LogP contribution >= 0.6 is 0 Å². The van der Waals surface area contributed by atoms with Crippen molar-refractivity contribution in [1.29, 1.82) is 0 Å². The van der Waals surface area contributed by atoms with Crippen molar-refractivity contribution in [3.63, 3.8) is 0 Å². The maximum Gasteiger partial charge on any atom is 4.00 e. The Morgan fingerprint density at radius 2 is 1.62 bits per heavy atom. The average molecular weight is 421 g/mol. The Morgan fingerprint density at radius 3 is 2.00 bits per heavy atom. The number of hydrogen-bond donors (Lipinski definition) is 0. The first-order chi connectivity index (χ1) is 11.2. The van der Waals surface area contributed by atoms with Crippen LogP contribution in [0.4, 0.5) is 0 Å². The number of fused-ring (bicyclic) bond motifs is 1. The van der Waals surface area contributed by atoms with Gasteiger partial charge < -0.3 is 10.2 Å². The Bertz CT molecular complexity index is 462. The summed E-state index contributed by atoms with van der Waals surface area (Å²) < 4.78 is 0. The van der Waals surface area contributed by atoms with Gasteiger partial charge in [-0.05, 0) is 0 Å². The summed E-state index contributed by atoms with van der Waals surface area (Å²) in [7, 11) is 0.750. The molecule has 0 aliphatic heterocycles. The standard InChI is InChI=1S/C9H7.C5H5.2C2H5O.C2H7Si.Zr/c1-2-5-9-7-3-6-8(9)4-1;1-2-4-5-3-1;2*1-2-3;1-3-2;/h1-7H;1-3H,4H2;2*2H2,1H3;3H,1-2H3;/q4*-1;;+4. The van der Waals surface area contributed by atoms with Crippen molar-refractivity contribution in [3.05, 3.63) is 66.8 Å². The quantitative estimate of drug-likeness (QED) is 0.485. The van der Waals surface area contributed by atoms with Crippen LogP contribution in [0.3, 0.4) is 0 Å². The molecule has 0 N–H and O–H groups in total. The average Bonchev–Trinajstić information content (AvgIpc) is 3.24. The molecule has 0 unspecified atom stereocenters. The molecule has 0 bridgehead atoms. The molecule has 0 heterocycles. The van der Waals surface area contributed by atoms with Gasteiger partial charge in [0.2, 0.25) is 0 Å². The van der Waals surface area contributed by atoms with Gasteiger partial charge >= 0.3 is 26.2 Å². The van der Waals surface area contributed by atoms with E-state index in [0.29, 0.717) is 0 Å². The second-order valence-electron chi connectivity index (χ2n) is 4.31. The third kappa shape index (κ3) is 19.4. The van der Waals surface area contributed by atoms with Crippen molar-refractivity contribution < 1.29 is 36.4 Å². The fourth-order valence-electron chi connectivity index (χ4n) is 1.41. The van der Waals surface area contributed by atoms with Gasteiger partial charge in [0, 0.05) is 9.52 Å². The molecule has 1 radical (unpaired) electrons. The summed E-state index contributed by atoms with van der Waals surface area (Å²) in [5, 5.41) is 20.5. The monoisotopic (exact) mass is 419 g/mol. The smallest absolute Gasteiger partial charge is 0.855 e. The molecule has 0 atom stereocenters. The molecule has 0 aromatic heterocycles. The molecule has 3 rings (SSSR count). The van der Waals surface area contributed by atoms with E-state index in [0.717, 1.165) is 15.9 Å². The molecule has 4 heteroatoms. The van der Waals surface area contributed by atoms with Gasteiger partial charge in [0.05, 0.1) is 0 Å². The molecule has 24 heavy (non-hydrogen) atoms. The number of allylic oxidation sites excluding steroid dienone is 4. The third-order valence-electron chi connectivity index (χ3n) is 2.13. The molecular weight excluding hydrogens is 392 g/mol. The summed E-state index contributed by atoms with van der Waals surface area (Å²) in [6, 6.07) is 14.7. The first-order valence-electron chi connectivity index (χ1n) is 7.93. The van der Waals surface area contributed by atoms with Crippen molar-refractivity contribution in [2.45, 2.75) is 33.4 Å². The largest absolute Gasteiger partial charge is 4.00 e. The van der Waals surface area contributed by atoms with E-state index in [4.69, 9.17) is 10.2 Å². The van der Waals surface area contributed by atoms with E-state index < -0.39 is 0 Å². The SMILES string of the molecule is CC[O-].CC[O-].C[SiH]C.[C-]1=CC=CC1.[Zr+4].c1ccc2[cH-]ccc2c1. The zero-order valence-corrected chi connectivity index (χ0v) is 18.9. The molecule has 129 valence electrons. The van der Waals surface area contributed by atoms with Gasteiger partial charge in [-0.2, -0.15) is 23.6 Å². The van der Waals surface area contributed by atoms with E-state index in [9.17, 15) is 0 Å². The Balaban J connectivity index is -0.000000255. The molecule has 0 amide bonds. The van der Waals surface area contributed by atoms with Crippen molar-refractivity contribution in [2.75, 3.05) is 13.2 Å². The molecule has 2 aromatic carbocycles. The Hall–Kier alpha value is -0.670. The molecule has 0 saturated carbocycles. The van der Waals surface area contributed by atoms with Crippen LogP contribution in [0.15, 0.2) is 60.7 Å². The summed E-state index contributed by atoms with van der Waals surface area (Å²) in [5.74, 6) is 0. The fourth-order valence-corrected chi connectivity index (χ4v) is 1.41. The number of hydrogen-bond acceptors (Lipinski definition) is 2. The van der Waals surface area contributed by atoms with Gasteiger partial charge in [-0.15, -0.1) is 49.3 Å². The molecule has 2 aromatic rings. The Morgan fingerprint density at radius 1 is 1.08 bits per heavy atom. The van der Waals surface area contributed by atoms with Crippen LogP contribution in [0, 0.1) is 6.08 Å². The van der Waals surface area contributed by atoms with Gasteiger partial charge in [0.15, 0.2) is 0 Å². The van der Waals surface area contributed by atoms with E-state index in [1.807, 2.05) is 12.2 Å². The van der Waals surface area contributed by atoms with E-state index in [2.05, 4.69) is 67.7 Å². The summed E-state index contributed by atoms with van der Waals surface area (Å²) in [5.41, 5.74) is 0. The van der Waals surface area contributed by atoms with E-state index >= 15 is 0 Å². The minimum atomic E-state index is 0. The minimum absolute atomic E-state index is 0. The molecule has 0 spiro atoms. The predicted octanol–water partition coefficient (Wildman–Crippen LogP) is 3.11. The summed E-state index contributed by atoms with van der Waals surface area (Å²) in [6.07, 6.45) is 10.0. The maximum atomic E-state index is 8.93. The fraction of sp³-hybridized carbons (Fsp3) is 0.350. The molecule has 1 aliphatic rings. The molecule has 0 saturated heterocycles. The van der Waals surface area contributed by atoms with Crippen LogP contribution in [0.2, 0.25) is 13.1 Å². The van der Waals surface area contributed by atoms with Crippen LogP contribution in [0.1, 0.15) is 20.3 Å². The van der Waals surface area contributed by atoms with Gasteiger partial charge in [0.25, 0.3) is 0 Å². The van der Waals surface area contributed by atoms with Gasteiger partial charge in [-0.1, -0.05) is 33.0 Å². The minimum Gasteiger partial charge on any atom is -0.855 e. The van der Waals surface area contributed by atoms with Crippen LogP contribution in [0.5, 0.6) is 0 Å². The zero-order chi connectivity index (χ0) is 17.8. The van der Waals surface area contributed by atoms with Crippen molar-refractivity contribution in [2.24, 2.45) is 0 Å². The summed E-state index contributed by atoms with van der Waals surface area (Å²) >= 11 is 0. The topological polar surface area (TPSA) is 46.1 Å². The molecular formula is C20H29O2SiZr. The van der Waals surface area contributed by atoms with Crippen molar-refractivity contribution in [1.82, 2.24) is 0 Å². The molecule has 0 fully saturated rings. The van der Waals surface area contributed by atoms with Crippen molar-refractivity contribution >= 4 is 20.3 Å². The van der Waals surface area contributed by atoms with Crippen LogP contribution < -0.4 is 10.2 Å². The normalized spacial score (nSPS) is 9.75. The van der Waals surface area contributed by atoms with Gasteiger partial charge in [0.1, 0.15) is 0 Å². The van der Waals surface area contributed by atoms with E-state index in [-0.39, 0.29) is 39.4 Å². The zero-order valence-electron chi connectivity index (χ0n) is 15.3. The van der Waals surface area contributed by atoms with E-state index in [1.165, 1.54) is 10.8 Å². The number of benzene rings is 1. The van der Waals surface area contributed by atoms with E-state index in [1.54, 1.807) is 13.8 Å². The van der Waals surface area contributed by atoms with Crippen LogP contribution in [0.25, 0.3) is 10.8 Å². The van der Waals surface area contributed by atoms with Gasteiger partial charge in [-0.25, -0.2) is 12.2 Å².